The van der Waals surface area contributed by atoms with E-state index in [0.717, 1.165) is 4.90 Å². The Balaban J connectivity index is -0.0000000533. The van der Waals surface area contributed by atoms with Crippen LogP contribution in [-0.2, 0) is 4.79 Å². The third-order valence-corrected chi connectivity index (χ3v) is 0.784. The van der Waals surface area contributed by atoms with Gasteiger partial charge in [-0.2, -0.15) is 0 Å². The maximum absolute atomic E-state index is 9.92. The predicted molar refractivity (Wildman–Crippen MR) is 43.8 cm³/mol. The zero-order valence-electron chi connectivity index (χ0n) is 8.29. The van der Waals surface area contributed by atoms with Crippen molar-refractivity contribution in [2.75, 3.05) is 13.6 Å². The Morgan fingerprint density at radius 1 is 1.82 bits per heavy atom. The summed E-state index contributed by atoms with van der Waals surface area (Å²) < 4.78 is 0. The van der Waals surface area contributed by atoms with Gasteiger partial charge in [0.1, 0.15) is 6.54 Å². The van der Waals surface area contributed by atoms with Gasteiger partial charge in [-0.05, 0) is 0 Å². The van der Waals surface area contributed by atoms with E-state index in [-0.39, 0.29) is 58.6 Å². The molecule has 6 N–H and O–H groups in total. The van der Waals surface area contributed by atoms with Crippen LogP contribution in [0.15, 0.2) is 0 Å². The molecule has 0 saturated carbocycles. The molecule has 6 nitrogen and oxygen atoms in total. The molecule has 0 amide bonds. The first-order valence-electron chi connectivity index (χ1n) is 2.31. The Hall–Kier alpha value is -0.0403. The van der Waals surface area contributed by atoms with Crippen molar-refractivity contribution < 1.29 is 18.2 Å². The summed E-state index contributed by atoms with van der Waals surface area (Å²) >= 11 is 0. The van der Waals surface area contributed by atoms with E-state index >= 15 is 0 Å². The molecule has 0 aromatic carbocycles. The summed E-state index contributed by atoms with van der Waals surface area (Å²) in [6.45, 7) is -0.227. The molecule has 0 spiro atoms. The Kier molecular flexibility index (Phi) is 12.6. The number of nitrogens with one attached hydrogen (secondary N) is 1. The number of nitrogens with two attached hydrogens (primary N) is 1. The second kappa shape index (κ2) is 8.06. The molecule has 0 rings (SSSR count). The van der Waals surface area contributed by atoms with Crippen molar-refractivity contribution in [1.82, 2.24) is 4.90 Å². The molecule has 0 saturated heterocycles. The van der Waals surface area contributed by atoms with Gasteiger partial charge in [-0.15, -0.1) is 0 Å². The minimum atomic E-state index is -0.993. The van der Waals surface area contributed by atoms with Crippen molar-refractivity contribution in [3.63, 3.8) is 0 Å². The molecule has 64 valence electrons. The number of guanidine groups is 1. The van der Waals surface area contributed by atoms with Crippen LogP contribution in [0.3, 0.4) is 0 Å². The molecule has 0 fully saturated rings. The first-order valence-corrected chi connectivity index (χ1v) is 2.31. The molecule has 0 atom stereocenters. The molecule has 11 heavy (non-hydrogen) atoms. The fourth-order valence-corrected chi connectivity index (χ4v) is 0.288. The number of likely N-dealkylation sites (N-methyl/N-ethyl adjacent to an activating group) is 1. The van der Waals surface area contributed by atoms with Crippen molar-refractivity contribution in [2.45, 2.75) is 0 Å². The van der Waals surface area contributed by atoms with Crippen LogP contribution >= 0.6 is 0 Å². The van der Waals surface area contributed by atoms with E-state index in [2.05, 4.69) is 0 Å². The SMILES string of the molecule is CN(CC(=O)O)C(=N)N.O.[Ca+2].[H-].[H-]. The molecule has 0 aliphatic carbocycles. The van der Waals surface area contributed by atoms with Crippen molar-refractivity contribution in [3.8, 4) is 0 Å². The Labute approximate surface area is 97.1 Å². The van der Waals surface area contributed by atoms with Crippen molar-refractivity contribution in [2.24, 2.45) is 5.73 Å². The summed E-state index contributed by atoms with van der Waals surface area (Å²) in [6.07, 6.45) is 0. The first-order chi connectivity index (χ1) is 4.04. The van der Waals surface area contributed by atoms with E-state index in [1.165, 1.54) is 7.05 Å². The van der Waals surface area contributed by atoms with Crippen LogP contribution in [0.5, 0.6) is 0 Å². The zero-order chi connectivity index (χ0) is 7.44. The van der Waals surface area contributed by atoms with Gasteiger partial charge < -0.3 is 24.1 Å². The molecular weight excluding hydrogens is 178 g/mol. The fourth-order valence-electron chi connectivity index (χ4n) is 0.288. The van der Waals surface area contributed by atoms with Crippen LogP contribution in [0.1, 0.15) is 2.85 Å². The average Bonchev–Trinajstić information content (AvgIpc) is 1.63. The van der Waals surface area contributed by atoms with E-state index < -0.39 is 5.97 Å². The molecule has 0 radical (unpaired) electrons. The summed E-state index contributed by atoms with van der Waals surface area (Å²) in [5.74, 6) is -1.23. The van der Waals surface area contributed by atoms with Gasteiger partial charge in [0.15, 0.2) is 5.96 Å². The van der Waals surface area contributed by atoms with Gasteiger partial charge in [0.25, 0.3) is 0 Å². The molecule has 0 heterocycles. The van der Waals surface area contributed by atoms with E-state index in [1.807, 2.05) is 0 Å². The summed E-state index contributed by atoms with van der Waals surface area (Å²) in [5, 5.41) is 14.9. The summed E-state index contributed by atoms with van der Waals surface area (Å²) in [6, 6.07) is 0. The van der Waals surface area contributed by atoms with E-state index in [4.69, 9.17) is 16.2 Å². The summed E-state index contributed by atoms with van der Waals surface area (Å²) in [5.41, 5.74) is 4.93. The van der Waals surface area contributed by atoms with Crippen LogP contribution in [0.25, 0.3) is 0 Å². The minimum Gasteiger partial charge on any atom is -1.00 e. The normalized spacial score (nSPS) is 7.00. The Morgan fingerprint density at radius 3 is 2.27 bits per heavy atom. The molecule has 0 aromatic heterocycles. The van der Waals surface area contributed by atoms with Crippen LogP contribution in [-0.4, -0.2) is 78.7 Å². The molecule has 0 bridgehead atoms. The maximum Gasteiger partial charge on any atom is 2.00 e. The number of carboxylic acids is 1. The van der Waals surface area contributed by atoms with Crippen molar-refractivity contribution >= 4 is 49.7 Å². The van der Waals surface area contributed by atoms with E-state index in [0.29, 0.717) is 0 Å². The number of rotatable bonds is 2. The van der Waals surface area contributed by atoms with Crippen LogP contribution in [0.4, 0.5) is 0 Å². The fraction of sp³-hybridized carbons (Fsp3) is 0.500. The standard InChI is InChI=1S/C4H9N3O2.Ca.H2O.2H/c1-7(4(5)6)2-3(8)9;;;;/h2H2,1H3,(H3,5,6)(H,8,9);;1H2;;/q;+2;;2*-1. The molecule has 0 aliphatic heterocycles. The quantitative estimate of drug-likeness (QED) is 0.263. The van der Waals surface area contributed by atoms with Crippen LogP contribution in [0, 0.1) is 5.41 Å². The first kappa shape index (κ1) is 17.2. The third kappa shape index (κ3) is 9.96. The van der Waals surface area contributed by atoms with Gasteiger partial charge in [0, 0.05) is 7.05 Å². The predicted octanol–water partition coefficient (Wildman–Crippen LogP) is -2.08. The second-order valence-corrected chi connectivity index (χ2v) is 1.64. The molecular formula is C4H13CaN3O3. The van der Waals surface area contributed by atoms with E-state index in [1.54, 1.807) is 0 Å². The number of aliphatic carboxylic acids is 1. The van der Waals surface area contributed by atoms with Gasteiger partial charge in [-0.1, -0.05) is 0 Å². The van der Waals surface area contributed by atoms with Crippen molar-refractivity contribution in [1.29, 1.82) is 5.41 Å². The van der Waals surface area contributed by atoms with Gasteiger partial charge in [-0.3, -0.25) is 10.2 Å². The molecule has 7 heteroatoms. The van der Waals surface area contributed by atoms with Crippen LogP contribution < -0.4 is 5.73 Å². The zero-order valence-corrected chi connectivity index (χ0v) is 8.50. The number of hydrogen-bond acceptors (Lipinski definition) is 2. The smallest absolute Gasteiger partial charge is 1.00 e. The Bertz CT molecular complexity index is 149. The number of nitrogens with zero attached hydrogens (tertiary/aromatic N) is 1. The molecule has 0 unspecified atom stereocenters. The largest absolute Gasteiger partial charge is 2.00 e. The maximum atomic E-state index is 9.92. The van der Waals surface area contributed by atoms with Gasteiger partial charge in [0.05, 0.1) is 0 Å². The summed E-state index contributed by atoms with van der Waals surface area (Å²) in [7, 11) is 1.44. The number of hydrogen-bond donors (Lipinski definition) is 3. The Morgan fingerprint density at radius 2 is 2.18 bits per heavy atom. The monoisotopic (exact) mass is 191 g/mol. The van der Waals surface area contributed by atoms with Crippen molar-refractivity contribution in [3.05, 3.63) is 0 Å². The van der Waals surface area contributed by atoms with Crippen LogP contribution in [0.2, 0.25) is 0 Å². The number of carbonyl (C=O) groups is 1. The summed E-state index contributed by atoms with van der Waals surface area (Å²) in [4.78, 5) is 11.0. The van der Waals surface area contributed by atoms with Gasteiger partial charge in [-0.25, -0.2) is 0 Å². The van der Waals surface area contributed by atoms with Gasteiger partial charge in [0.2, 0.25) is 0 Å². The second-order valence-electron chi connectivity index (χ2n) is 1.64. The third-order valence-electron chi connectivity index (χ3n) is 0.784. The average molecular weight is 191 g/mol. The minimum absolute atomic E-state index is 0. The molecule has 0 aromatic rings. The number of carboxylic acid groups (broad SMARTS) is 1. The van der Waals surface area contributed by atoms with E-state index in [9.17, 15) is 4.79 Å². The molecule has 0 aliphatic rings. The van der Waals surface area contributed by atoms with Gasteiger partial charge >= 0.3 is 43.7 Å². The topological polar surface area (TPSA) is 122 Å².